The predicted molar refractivity (Wildman–Crippen MR) is 143 cm³/mol. The highest BCUT2D eigenvalue weighted by atomic mass is 35.5. The molecule has 0 radical (unpaired) electrons. The number of anilines is 1. The standard InChI is InChI=1S/C27H22ClFN8/c1-13(2)27-34-24-17(26-33-14(3)35-36-26)10-16(15-6-8-31-22(30)12-15)11-21(24)37(27)20-7-9-32-25-18(28)4-5-19(29)23(20)25/h4-13H,1-3H3,(H2,30,31)(H,33,35,36). The Morgan fingerprint density at radius 2 is 1.78 bits per heavy atom. The van der Waals surface area contributed by atoms with Crippen LogP contribution in [-0.2, 0) is 0 Å². The molecule has 0 unspecified atom stereocenters. The maximum atomic E-state index is 15.3. The first-order chi connectivity index (χ1) is 17.8. The monoisotopic (exact) mass is 512 g/mol. The van der Waals surface area contributed by atoms with E-state index in [0.717, 1.165) is 28.0 Å². The lowest BCUT2D eigenvalue weighted by Crippen LogP contribution is -2.05. The van der Waals surface area contributed by atoms with Gasteiger partial charge in [0.25, 0.3) is 0 Å². The molecule has 6 rings (SSSR count). The van der Waals surface area contributed by atoms with Crippen LogP contribution in [0.2, 0.25) is 5.02 Å². The molecule has 3 N–H and O–H groups in total. The lowest BCUT2D eigenvalue weighted by atomic mass is 10.0. The van der Waals surface area contributed by atoms with Gasteiger partial charge in [-0.15, -0.1) is 0 Å². The van der Waals surface area contributed by atoms with Gasteiger partial charge in [0.1, 0.15) is 28.8 Å². The second-order valence-electron chi connectivity index (χ2n) is 9.15. The number of imidazole rings is 1. The maximum absolute atomic E-state index is 15.3. The number of halogens is 2. The van der Waals surface area contributed by atoms with Crippen molar-refractivity contribution in [3.8, 4) is 28.2 Å². The van der Waals surface area contributed by atoms with Crippen molar-refractivity contribution in [3.63, 3.8) is 0 Å². The Morgan fingerprint density at radius 1 is 0.973 bits per heavy atom. The highest BCUT2D eigenvalue weighted by Crippen LogP contribution is 2.38. The van der Waals surface area contributed by atoms with Crippen molar-refractivity contribution in [2.45, 2.75) is 26.7 Å². The average molecular weight is 513 g/mol. The zero-order valence-electron chi connectivity index (χ0n) is 20.3. The Bertz CT molecular complexity index is 1820. The number of H-pyrrole nitrogens is 1. The molecule has 0 aliphatic heterocycles. The van der Waals surface area contributed by atoms with E-state index in [2.05, 4.69) is 25.1 Å². The number of hydrogen-bond donors (Lipinski definition) is 2. The number of fused-ring (bicyclic) bond motifs is 2. The van der Waals surface area contributed by atoms with Crippen molar-refractivity contribution in [2.75, 3.05) is 5.73 Å². The first-order valence-electron chi connectivity index (χ1n) is 11.7. The molecule has 8 nitrogen and oxygen atoms in total. The highest BCUT2D eigenvalue weighted by Gasteiger charge is 2.23. The van der Waals surface area contributed by atoms with E-state index in [0.29, 0.717) is 44.6 Å². The van der Waals surface area contributed by atoms with Gasteiger partial charge in [-0.3, -0.25) is 14.6 Å². The van der Waals surface area contributed by atoms with Gasteiger partial charge < -0.3 is 5.73 Å². The molecule has 0 bridgehead atoms. The van der Waals surface area contributed by atoms with Gasteiger partial charge in [0.15, 0.2) is 5.82 Å². The number of nitrogens with two attached hydrogens (primary N) is 1. The van der Waals surface area contributed by atoms with E-state index in [9.17, 15) is 0 Å². The number of aromatic nitrogens is 7. The van der Waals surface area contributed by atoms with Crippen LogP contribution in [0.15, 0.2) is 54.9 Å². The maximum Gasteiger partial charge on any atom is 0.183 e. The lowest BCUT2D eigenvalue weighted by molar-refractivity contribution is 0.638. The molecule has 0 aliphatic rings. The summed E-state index contributed by atoms with van der Waals surface area (Å²) in [6, 6.07) is 12.3. The quantitative estimate of drug-likeness (QED) is 0.290. The van der Waals surface area contributed by atoms with Gasteiger partial charge in [-0.05, 0) is 60.5 Å². The van der Waals surface area contributed by atoms with Crippen molar-refractivity contribution in [1.29, 1.82) is 0 Å². The summed E-state index contributed by atoms with van der Waals surface area (Å²) in [5.74, 6) is 1.95. The second kappa shape index (κ2) is 8.63. The number of hydrogen-bond acceptors (Lipinski definition) is 6. The van der Waals surface area contributed by atoms with Crippen LogP contribution < -0.4 is 5.73 Å². The Labute approximate surface area is 216 Å². The fourth-order valence-corrected chi connectivity index (χ4v) is 4.83. The molecule has 0 amide bonds. The number of nitrogens with zero attached hydrogens (tertiary/aromatic N) is 6. The van der Waals surface area contributed by atoms with E-state index in [1.807, 2.05) is 43.5 Å². The molecule has 0 saturated carbocycles. The van der Waals surface area contributed by atoms with Crippen LogP contribution in [0.25, 0.3) is 50.1 Å². The van der Waals surface area contributed by atoms with Gasteiger partial charge in [-0.2, -0.15) is 5.10 Å². The minimum Gasteiger partial charge on any atom is -0.384 e. The van der Waals surface area contributed by atoms with Gasteiger partial charge in [-0.1, -0.05) is 25.4 Å². The molecule has 2 aromatic carbocycles. The molecular weight excluding hydrogens is 491 g/mol. The fourth-order valence-electron chi connectivity index (χ4n) is 4.63. The van der Waals surface area contributed by atoms with E-state index in [4.69, 9.17) is 22.3 Å². The average Bonchev–Trinajstić information content (AvgIpc) is 3.49. The van der Waals surface area contributed by atoms with E-state index in [1.54, 1.807) is 24.5 Å². The molecule has 0 fully saturated rings. The van der Waals surface area contributed by atoms with Crippen molar-refractivity contribution >= 4 is 39.4 Å². The number of rotatable bonds is 4. The molecule has 0 atom stereocenters. The van der Waals surface area contributed by atoms with Crippen LogP contribution in [0.5, 0.6) is 0 Å². The molecule has 0 saturated heterocycles. The van der Waals surface area contributed by atoms with Gasteiger partial charge in [-0.25, -0.2) is 19.3 Å². The SMILES string of the molecule is Cc1nc(-c2cc(-c3ccnc(N)c3)cc3c2nc(C(C)C)n3-c2ccnc3c(Cl)ccc(F)c23)n[nH]1. The van der Waals surface area contributed by atoms with Gasteiger partial charge in [0.2, 0.25) is 0 Å². The van der Waals surface area contributed by atoms with Crippen molar-refractivity contribution < 1.29 is 4.39 Å². The summed E-state index contributed by atoms with van der Waals surface area (Å²) in [4.78, 5) is 18.1. The summed E-state index contributed by atoms with van der Waals surface area (Å²) in [5, 5.41) is 8.02. The first kappa shape index (κ1) is 23.1. The minimum absolute atomic E-state index is 0.0135. The van der Waals surface area contributed by atoms with E-state index < -0.39 is 5.82 Å². The van der Waals surface area contributed by atoms with E-state index >= 15 is 4.39 Å². The molecule has 0 aliphatic carbocycles. The van der Waals surface area contributed by atoms with Gasteiger partial charge in [0.05, 0.1) is 27.1 Å². The smallest absolute Gasteiger partial charge is 0.183 e. The number of nitrogens with one attached hydrogen (secondary N) is 1. The fraction of sp³-hybridized carbons (Fsp3) is 0.148. The molecule has 4 aromatic heterocycles. The highest BCUT2D eigenvalue weighted by molar-refractivity contribution is 6.35. The molecule has 0 spiro atoms. The van der Waals surface area contributed by atoms with Gasteiger partial charge >= 0.3 is 0 Å². The normalized spacial score (nSPS) is 11.7. The molecule has 37 heavy (non-hydrogen) atoms. The van der Waals surface area contributed by atoms with Crippen LogP contribution in [0, 0.1) is 12.7 Å². The Kier molecular flexibility index (Phi) is 5.38. The largest absolute Gasteiger partial charge is 0.384 e. The van der Waals surface area contributed by atoms with E-state index in [-0.39, 0.29) is 5.92 Å². The summed E-state index contributed by atoms with van der Waals surface area (Å²) in [5.41, 5.74) is 10.9. The zero-order valence-corrected chi connectivity index (χ0v) is 21.0. The summed E-state index contributed by atoms with van der Waals surface area (Å²) in [6.07, 6.45) is 3.29. The summed E-state index contributed by atoms with van der Waals surface area (Å²) >= 11 is 6.42. The second-order valence-corrected chi connectivity index (χ2v) is 9.56. The first-order valence-corrected chi connectivity index (χ1v) is 12.1. The summed E-state index contributed by atoms with van der Waals surface area (Å²) in [7, 11) is 0. The molecule has 6 aromatic rings. The Hall–Kier alpha value is -4.37. The third-order valence-electron chi connectivity index (χ3n) is 6.27. The molecular formula is C27H22ClFN8. The number of aromatic amines is 1. The van der Waals surface area contributed by atoms with Crippen molar-refractivity contribution in [3.05, 3.63) is 77.3 Å². The number of benzene rings is 2. The third-order valence-corrected chi connectivity index (χ3v) is 6.57. The Morgan fingerprint density at radius 3 is 2.51 bits per heavy atom. The molecule has 10 heteroatoms. The van der Waals surface area contributed by atoms with Crippen LogP contribution in [-0.4, -0.2) is 34.7 Å². The molecule has 184 valence electrons. The summed E-state index contributed by atoms with van der Waals surface area (Å²) < 4.78 is 17.3. The molecule has 4 heterocycles. The number of pyridine rings is 2. The lowest BCUT2D eigenvalue weighted by Gasteiger charge is -2.15. The third kappa shape index (κ3) is 3.79. The van der Waals surface area contributed by atoms with E-state index in [1.165, 1.54) is 12.1 Å². The van der Waals surface area contributed by atoms with Crippen molar-refractivity contribution in [2.24, 2.45) is 0 Å². The van der Waals surface area contributed by atoms with Crippen LogP contribution in [0.3, 0.4) is 0 Å². The van der Waals surface area contributed by atoms with Crippen LogP contribution in [0.1, 0.15) is 31.4 Å². The summed E-state index contributed by atoms with van der Waals surface area (Å²) in [6.45, 7) is 5.94. The number of aryl methyl sites for hydroxylation is 1. The predicted octanol–water partition coefficient (Wildman–Crippen LogP) is 6.23. The topological polar surface area (TPSA) is 111 Å². The Balaban J connectivity index is 1.77. The minimum atomic E-state index is -0.415. The van der Waals surface area contributed by atoms with Crippen LogP contribution >= 0.6 is 11.6 Å². The zero-order chi connectivity index (χ0) is 25.8. The van der Waals surface area contributed by atoms with Gasteiger partial charge in [0, 0.05) is 23.9 Å². The van der Waals surface area contributed by atoms with Crippen LogP contribution in [0.4, 0.5) is 10.2 Å². The van der Waals surface area contributed by atoms with Crippen molar-refractivity contribution in [1.82, 2.24) is 34.7 Å². The number of nitrogen functional groups attached to an aromatic ring is 1.